The summed E-state index contributed by atoms with van der Waals surface area (Å²) in [5, 5.41) is 7.90. The minimum Gasteiger partial charge on any atom is -0.326 e. The van der Waals surface area contributed by atoms with Crippen LogP contribution in [-0.2, 0) is 16.6 Å². The summed E-state index contributed by atoms with van der Waals surface area (Å²) in [4.78, 5) is 17.9. The number of benzene rings is 1. The van der Waals surface area contributed by atoms with Crippen LogP contribution >= 0.6 is 22.7 Å². The number of hydrogen-bond donors (Lipinski definition) is 1. The molecular weight excluding hydrogens is 336 g/mol. The third-order valence-electron chi connectivity index (χ3n) is 3.66. The van der Waals surface area contributed by atoms with Gasteiger partial charge in [0, 0.05) is 11.1 Å². The molecule has 5 heteroatoms. The monoisotopic (exact) mass is 356 g/mol. The van der Waals surface area contributed by atoms with E-state index in [1.165, 1.54) is 5.56 Å². The van der Waals surface area contributed by atoms with Gasteiger partial charge in [0.25, 0.3) is 0 Å². The van der Waals surface area contributed by atoms with E-state index in [-0.39, 0.29) is 11.3 Å². The fraction of sp³-hybridized carbons (Fsp3) is 0.263. The summed E-state index contributed by atoms with van der Waals surface area (Å²) in [5.41, 5.74) is 3.00. The van der Waals surface area contributed by atoms with Gasteiger partial charge in [0.2, 0.25) is 5.91 Å². The van der Waals surface area contributed by atoms with Crippen molar-refractivity contribution >= 4 is 34.3 Å². The first-order chi connectivity index (χ1) is 11.4. The first kappa shape index (κ1) is 16.9. The molecule has 0 radical (unpaired) electrons. The Morgan fingerprint density at radius 2 is 1.88 bits per heavy atom. The van der Waals surface area contributed by atoms with E-state index in [9.17, 15) is 4.79 Å². The summed E-state index contributed by atoms with van der Waals surface area (Å²) < 4.78 is 0. The molecule has 1 aromatic carbocycles. The fourth-order valence-electron chi connectivity index (χ4n) is 2.32. The van der Waals surface area contributed by atoms with Crippen molar-refractivity contribution in [1.82, 2.24) is 4.98 Å². The number of amides is 1. The number of nitrogens with zero attached hydrogens (tertiary/aromatic N) is 1. The largest absolute Gasteiger partial charge is 0.326 e. The van der Waals surface area contributed by atoms with E-state index < -0.39 is 0 Å². The standard InChI is InChI=1S/C19H20N2OS2/c1-19(2,3)13-6-8-14(9-7-13)20-17(22)11-15-12-24-18(21-15)16-5-4-10-23-16/h4-10,12H,11H2,1-3H3,(H,20,22). The number of carbonyl (C=O) groups is 1. The van der Waals surface area contributed by atoms with Crippen LogP contribution in [0.2, 0.25) is 0 Å². The zero-order valence-electron chi connectivity index (χ0n) is 14.0. The van der Waals surface area contributed by atoms with Crippen LogP contribution in [0, 0.1) is 0 Å². The van der Waals surface area contributed by atoms with Crippen molar-refractivity contribution in [3.8, 4) is 9.88 Å². The minimum atomic E-state index is -0.0402. The van der Waals surface area contributed by atoms with Gasteiger partial charge in [-0.05, 0) is 34.6 Å². The smallest absolute Gasteiger partial charge is 0.230 e. The summed E-state index contributed by atoms with van der Waals surface area (Å²) in [6.45, 7) is 6.52. The van der Waals surface area contributed by atoms with Crippen LogP contribution in [0.4, 0.5) is 5.69 Å². The Morgan fingerprint density at radius 1 is 1.12 bits per heavy atom. The lowest BCUT2D eigenvalue weighted by molar-refractivity contribution is -0.115. The molecule has 2 aromatic heterocycles. The van der Waals surface area contributed by atoms with Gasteiger partial charge in [-0.2, -0.15) is 0 Å². The Kier molecular flexibility index (Phi) is 4.83. The van der Waals surface area contributed by atoms with Gasteiger partial charge in [-0.25, -0.2) is 4.98 Å². The molecule has 0 fully saturated rings. The quantitative estimate of drug-likeness (QED) is 0.684. The zero-order chi connectivity index (χ0) is 17.2. The number of thiazole rings is 1. The molecule has 0 aliphatic rings. The molecule has 0 spiro atoms. The maximum atomic E-state index is 12.2. The maximum absolute atomic E-state index is 12.2. The lowest BCUT2D eigenvalue weighted by atomic mass is 9.87. The van der Waals surface area contributed by atoms with Crippen LogP contribution in [-0.4, -0.2) is 10.9 Å². The van der Waals surface area contributed by atoms with Crippen molar-refractivity contribution < 1.29 is 4.79 Å². The molecule has 124 valence electrons. The summed E-state index contributed by atoms with van der Waals surface area (Å²) in [7, 11) is 0. The second kappa shape index (κ2) is 6.87. The fourth-order valence-corrected chi connectivity index (χ4v) is 3.96. The predicted molar refractivity (Wildman–Crippen MR) is 103 cm³/mol. The van der Waals surface area contributed by atoms with E-state index in [1.807, 2.05) is 35.0 Å². The molecule has 1 amide bonds. The Bertz CT molecular complexity index is 812. The van der Waals surface area contributed by atoms with Crippen LogP contribution in [0.25, 0.3) is 9.88 Å². The number of carbonyl (C=O) groups excluding carboxylic acids is 1. The molecule has 3 rings (SSSR count). The Morgan fingerprint density at radius 3 is 2.50 bits per heavy atom. The SMILES string of the molecule is CC(C)(C)c1ccc(NC(=O)Cc2csc(-c3cccs3)n2)cc1. The number of thiophene rings is 1. The van der Waals surface area contributed by atoms with E-state index in [4.69, 9.17) is 0 Å². The van der Waals surface area contributed by atoms with E-state index in [1.54, 1.807) is 22.7 Å². The van der Waals surface area contributed by atoms with Crippen LogP contribution in [0.1, 0.15) is 32.0 Å². The zero-order valence-corrected chi connectivity index (χ0v) is 15.6. The second-order valence-electron chi connectivity index (χ2n) is 6.67. The first-order valence-electron chi connectivity index (χ1n) is 7.80. The molecule has 1 N–H and O–H groups in total. The van der Waals surface area contributed by atoms with Crippen molar-refractivity contribution in [2.24, 2.45) is 0 Å². The van der Waals surface area contributed by atoms with E-state index in [0.29, 0.717) is 6.42 Å². The molecule has 0 unspecified atom stereocenters. The molecule has 3 nitrogen and oxygen atoms in total. The van der Waals surface area contributed by atoms with Gasteiger partial charge in [-0.1, -0.05) is 39.0 Å². The topological polar surface area (TPSA) is 42.0 Å². The summed E-state index contributed by atoms with van der Waals surface area (Å²) in [5.74, 6) is -0.0402. The van der Waals surface area contributed by atoms with Gasteiger partial charge < -0.3 is 5.32 Å². The molecular formula is C19H20N2OS2. The van der Waals surface area contributed by atoms with E-state index in [0.717, 1.165) is 21.3 Å². The van der Waals surface area contributed by atoms with Crippen LogP contribution in [0.5, 0.6) is 0 Å². The normalized spacial score (nSPS) is 11.5. The number of anilines is 1. The average Bonchev–Trinajstić information content (AvgIpc) is 3.17. The highest BCUT2D eigenvalue weighted by molar-refractivity contribution is 7.20. The Labute approximate surface area is 150 Å². The summed E-state index contributed by atoms with van der Waals surface area (Å²) in [6, 6.07) is 12.1. The minimum absolute atomic E-state index is 0.0402. The number of nitrogens with one attached hydrogen (secondary N) is 1. The number of aromatic nitrogens is 1. The third kappa shape index (κ3) is 4.10. The number of hydrogen-bond acceptors (Lipinski definition) is 4. The van der Waals surface area contributed by atoms with Crippen molar-refractivity contribution in [1.29, 1.82) is 0 Å². The van der Waals surface area contributed by atoms with E-state index >= 15 is 0 Å². The van der Waals surface area contributed by atoms with Gasteiger partial charge >= 0.3 is 0 Å². The van der Waals surface area contributed by atoms with Gasteiger partial charge in [-0.15, -0.1) is 22.7 Å². The molecule has 2 heterocycles. The summed E-state index contributed by atoms with van der Waals surface area (Å²) in [6.07, 6.45) is 0.295. The van der Waals surface area contributed by atoms with E-state index in [2.05, 4.69) is 43.2 Å². The highest BCUT2D eigenvalue weighted by atomic mass is 32.1. The molecule has 0 aliphatic heterocycles. The van der Waals surface area contributed by atoms with Gasteiger partial charge in [0.1, 0.15) is 5.01 Å². The van der Waals surface area contributed by atoms with Crippen LogP contribution in [0.3, 0.4) is 0 Å². The van der Waals surface area contributed by atoms with Gasteiger partial charge in [0.15, 0.2) is 0 Å². The van der Waals surface area contributed by atoms with Crippen molar-refractivity contribution in [2.75, 3.05) is 5.32 Å². The highest BCUT2D eigenvalue weighted by Crippen LogP contribution is 2.28. The number of rotatable bonds is 4. The van der Waals surface area contributed by atoms with Gasteiger partial charge in [0.05, 0.1) is 17.0 Å². The molecule has 0 atom stereocenters. The lowest BCUT2D eigenvalue weighted by Gasteiger charge is -2.19. The highest BCUT2D eigenvalue weighted by Gasteiger charge is 2.14. The van der Waals surface area contributed by atoms with Crippen molar-refractivity contribution in [3.63, 3.8) is 0 Å². The predicted octanol–water partition coefficient (Wildman–Crippen LogP) is 5.35. The van der Waals surface area contributed by atoms with Crippen LogP contribution in [0.15, 0.2) is 47.2 Å². The molecule has 0 saturated carbocycles. The lowest BCUT2D eigenvalue weighted by Crippen LogP contribution is -2.15. The Hall–Kier alpha value is -1.98. The molecule has 0 aliphatic carbocycles. The van der Waals surface area contributed by atoms with Crippen molar-refractivity contribution in [3.05, 3.63) is 58.4 Å². The van der Waals surface area contributed by atoms with Gasteiger partial charge in [-0.3, -0.25) is 4.79 Å². The Balaban J connectivity index is 1.62. The summed E-state index contributed by atoms with van der Waals surface area (Å²) >= 11 is 3.24. The molecule has 3 aromatic rings. The second-order valence-corrected chi connectivity index (χ2v) is 8.48. The van der Waals surface area contributed by atoms with Crippen LogP contribution < -0.4 is 5.32 Å². The third-order valence-corrected chi connectivity index (χ3v) is 5.59. The molecule has 24 heavy (non-hydrogen) atoms. The molecule has 0 saturated heterocycles. The van der Waals surface area contributed by atoms with Crippen molar-refractivity contribution in [2.45, 2.75) is 32.6 Å². The first-order valence-corrected chi connectivity index (χ1v) is 9.56. The average molecular weight is 357 g/mol. The molecule has 0 bridgehead atoms. The maximum Gasteiger partial charge on any atom is 0.230 e.